The van der Waals surface area contributed by atoms with Gasteiger partial charge in [-0.15, -0.1) is 0 Å². The van der Waals surface area contributed by atoms with Crippen LogP contribution in [0.1, 0.15) is 28.1 Å². The van der Waals surface area contributed by atoms with Crippen molar-refractivity contribution in [2.24, 2.45) is 14.1 Å². The standard InChI is InChI=1S/C24H29N5O/c1-16-7-9-19-13-21(16)17(2)8-10-20-18(3)26-28(5)23(20)15-27(4)11-12-30-24-22(19)14-25-29(24)6/h7-10,13-14H,2,11-12,15H2,1,3-6H3/b10-8+. The highest BCUT2D eigenvalue weighted by molar-refractivity contribution is 5.82. The summed E-state index contributed by atoms with van der Waals surface area (Å²) in [4.78, 5) is 2.25. The van der Waals surface area contributed by atoms with Crippen molar-refractivity contribution in [2.45, 2.75) is 20.4 Å². The highest BCUT2D eigenvalue weighted by Crippen LogP contribution is 2.33. The molecule has 0 fully saturated rings. The summed E-state index contributed by atoms with van der Waals surface area (Å²) >= 11 is 0. The van der Waals surface area contributed by atoms with Gasteiger partial charge in [-0.25, -0.2) is 4.68 Å². The number of likely N-dealkylation sites (N-methyl/N-ethyl adjacent to an activating group) is 1. The Morgan fingerprint density at radius 1 is 1.03 bits per heavy atom. The number of hydrogen-bond donors (Lipinski definition) is 0. The Hall–Kier alpha value is -3.12. The van der Waals surface area contributed by atoms with Gasteiger partial charge in [-0.05, 0) is 49.2 Å². The highest BCUT2D eigenvalue weighted by Gasteiger charge is 2.17. The van der Waals surface area contributed by atoms with Crippen LogP contribution in [-0.4, -0.2) is 44.7 Å². The summed E-state index contributed by atoms with van der Waals surface area (Å²) in [5, 5.41) is 9.07. The molecule has 0 saturated carbocycles. The fourth-order valence-corrected chi connectivity index (χ4v) is 3.96. The van der Waals surface area contributed by atoms with E-state index in [1.807, 2.05) is 25.0 Å². The van der Waals surface area contributed by atoms with Crippen molar-refractivity contribution in [3.05, 3.63) is 65.1 Å². The molecule has 1 aromatic carbocycles. The van der Waals surface area contributed by atoms with Crippen LogP contribution in [0.4, 0.5) is 0 Å². The van der Waals surface area contributed by atoms with Crippen LogP contribution in [0.3, 0.4) is 0 Å². The van der Waals surface area contributed by atoms with E-state index in [0.29, 0.717) is 6.61 Å². The summed E-state index contributed by atoms with van der Waals surface area (Å²) in [6.45, 7) is 10.7. The Morgan fingerprint density at radius 2 is 1.83 bits per heavy atom. The second-order valence-corrected chi connectivity index (χ2v) is 8.03. The maximum atomic E-state index is 6.18. The van der Waals surface area contributed by atoms with Crippen LogP contribution < -0.4 is 4.74 Å². The summed E-state index contributed by atoms with van der Waals surface area (Å²) in [7, 11) is 6.02. The van der Waals surface area contributed by atoms with E-state index in [-0.39, 0.29) is 0 Å². The minimum Gasteiger partial charge on any atom is -0.476 e. The Labute approximate surface area is 178 Å². The molecule has 0 saturated heterocycles. The van der Waals surface area contributed by atoms with Crippen molar-refractivity contribution < 1.29 is 4.74 Å². The number of ether oxygens (including phenoxy) is 1. The molecule has 156 valence electrons. The monoisotopic (exact) mass is 403 g/mol. The van der Waals surface area contributed by atoms with Crippen LogP contribution in [0, 0.1) is 13.8 Å². The van der Waals surface area contributed by atoms with Crippen LogP contribution in [0.5, 0.6) is 5.88 Å². The predicted molar refractivity (Wildman–Crippen MR) is 121 cm³/mol. The molecular formula is C24H29N5O. The van der Waals surface area contributed by atoms with Crippen LogP contribution in [0.2, 0.25) is 0 Å². The molecule has 6 heteroatoms. The van der Waals surface area contributed by atoms with E-state index in [0.717, 1.165) is 52.5 Å². The Bertz CT molecular complexity index is 1130. The molecular weight excluding hydrogens is 374 g/mol. The Morgan fingerprint density at radius 3 is 2.63 bits per heavy atom. The second kappa shape index (κ2) is 7.95. The minimum absolute atomic E-state index is 0.580. The first-order valence-electron chi connectivity index (χ1n) is 10.2. The molecule has 0 unspecified atom stereocenters. The highest BCUT2D eigenvalue weighted by atomic mass is 16.5. The topological polar surface area (TPSA) is 48.1 Å². The molecule has 4 rings (SSSR count). The van der Waals surface area contributed by atoms with Gasteiger partial charge in [0, 0.05) is 32.7 Å². The first kappa shape index (κ1) is 20.2. The van der Waals surface area contributed by atoms with Crippen molar-refractivity contribution in [3.8, 4) is 17.0 Å². The number of fused-ring (bicyclic) bond motifs is 5. The lowest BCUT2D eigenvalue weighted by molar-refractivity contribution is 0.218. The molecule has 0 N–H and O–H groups in total. The lowest BCUT2D eigenvalue weighted by Crippen LogP contribution is -2.25. The summed E-state index contributed by atoms with van der Waals surface area (Å²) in [5.74, 6) is 0.784. The smallest absolute Gasteiger partial charge is 0.219 e. The molecule has 0 amide bonds. The van der Waals surface area contributed by atoms with Gasteiger partial charge in [0.1, 0.15) is 6.61 Å². The van der Waals surface area contributed by atoms with Crippen LogP contribution in [0.15, 0.2) is 37.1 Å². The van der Waals surface area contributed by atoms with Crippen LogP contribution >= 0.6 is 0 Å². The van der Waals surface area contributed by atoms with Gasteiger partial charge in [0.2, 0.25) is 5.88 Å². The zero-order chi connectivity index (χ0) is 21.4. The maximum Gasteiger partial charge on any atom is 0.219 e. The SMILES string of the molecule is C=C1/C=C/c2c(C)nn(C)c2CN(C)CCOc2c(cnn2C)-c2ccc(C)c1c2. The molecule has 0 spiro atoms. The molecule has 0 atom stereocenters. The van der Waals surface area contributed by atoms with Crippen molar-refractivity contribution in [1.29, 1.82) is 0 Å². The third-order valence-corrected chi connectivity index (χ3v) is 5.75. The number of aromatic nitrogens is 4. The van der Waals surface area contributed by atoms with Gasteiger partial charge in [-0.2, -0.15) is 10.2 Å². The summed E-state index contributed by atoms with van der Waals surface area (Å²) in [6, 6.07) is 6.43. The molecule has 3 aromatic rings. The number of allylic oxidation sites excluding steroid dienone is 2. The lowest BCUT2D eigenvalue weighted by Gasteiger charge is -2.18. The van der Waals surface area contributed by atoms with Gasteiger partial charge in [0.15, 0.2) is 0 Å². The third kappa shape index (κ3) is 3.71. The molecule has 1 aliphatic heterocycles. The van der Waals surface area contributed by atoms with Crippen LogP contribution in [-0.2, 0) is 20.6 Å². The molecule has 2 aromatic heterocycles. The van der Waals surface area contributed by atoms with Gasteiger partial charge in [0.05, 0.1) is 23.1 Å². The van der Waals surface area contributed by atoms with Gasteiger partial charge in [0.25, 0.3) is 0 Å². The average Bonchev–Trinajstić information content (AvgIpc) is 3.19. The van der Waals surface area contributed by atoms with Gasteiger partial charge >= 0.3 is 0 Å². The van der Waals surface area contributed by atoms with Crippen molar-refractivity contribution >= 4 is 11.6 Å². The van der Waals surface area contributed by atoms with Crippen molar-refractivity contribution in [2.75, 3.05) is 20.2 Å². The summed E-state index contributed by atoms with van der Waals surface area (Å²) < 4.78 is 9.95. The fourth-order valence-electron chi connectivity index (χ4n) is 3.96. The van der Waals surface area contributed by atoms with E-state index < -0.39 is 0 Å². The lowest BCUT2D eigenvalue weighted by atomic mass is 9.96. The molecule has 3 heterocycles. The van der Waals surface area contributed by atoms with E-state index in [1.165, 1.54) is 11.3 Å². The Kier molecular flexibility index (Phi) is 5.35. The molecule has 2 bridgehead atoms. The van der Waals surface area contributed by atoms with Gasteiger partial charge < -0.3 is 4.74 Å². The zero-order valence-corrected chi connectivity index (χ0v) is 18.4. The number of hydrogen-bond acceptors (Lipinski definition) is 4. The number of benzene rings is 1. The fraction of sp³-hybridized carbons (Fsp3) is 0.333. The summed E-state index contributed by atoms with van der Waals surface area (Å²) in [6.07, 6.45) is 6.11. The van der Waals surface area contributed by atoms with Crippen LogP contribution in [0.25, 0.3) is 22.8 Å². The molecule has 6 nitrogen and oxygen atoms in total. The van der Waals surface area contributed by atoms with E-state index >= 15 is 0 Å². The molecule has 0 aliphatic carbocycles. The average molecular weight is 404 g/mol. The van der Waals surface area contributed by atoms with Gasteiger partial charge in [-0.1, -0.05) is 30.9 Å². The minimum atomic E-state index is 0.580. The van der Waals surface area contributed by atoms with E-state index in [4.69, 9.17) is 4.74 Å². The van der Waals surface area contributed by atoms with E-state index in [1.54, 1.807) is 4.68 Å². The quantitative estimate of drug-likeness (QED) is 0.570. The first-order chi connectivity index (χ1) is 14.3. The van der Waals surface area contributed by atoms with E-state index in [9.17, 15) is 0 Å². The van der Waals surface area contributed by atoms with Gasteiger partial charge in [-0.3, -0.25) is 9.58 Å². The number of nitrogens with zero attached hydrogens (tertiary/aromatic N) is 5. The van der Waals surface area contributed by atoms with Crippen molar-refractivity contribution in [1.82, 2.24) is 24.5 Å². The molecule has 1 aliphatic rings. The molecule has 0 radical (unpaired) electrons. The van der Waals surface area contributed by atoms with Crippen molar-refractivity contribution in [3.63, 3.8) is 0 Å². The zero-order valence-electron chi connectivity index (χ0n) is 18.4. The predicted octanol–water partition coefficient (Wildman–Crippen LogP) is 3.99. The first-order valence-corrected chi connectivity index (χ1v) is 10.2. The van der Waals surface area contributed by atoms with E-state index in [2.05, 4.69) is 72.9 Å². The molecule has 30 heavy (non-hydrogen) atoms. The number of rotatable bonds is 0. The largest absolute Gasteiger partial charge is 0.476 e. The third-order valence-electron chi connectivity index (χ3n) is 5.75. The maximum absolute atomic E-state index is 6.18. The summed E-state index contributed by atoms with van der Waals surface area (Å²) in [5.41, 5.74) is 8.71. The Balaban J connectivity index is 1.83. The normalized spacial score (nSPS) is 16.2. The number of aryl methyl sites for hydroxylation is 4. The second-order valence-electron chi connectivity index (χ2n) is 8.03.